The number of rotatable bonds is 1. The number of benzene rings is 1. The summed E-state index contributed by atoms with van der Waals surface area (Å²) >= 11 is 0. The molecule has 2 atom stereocenters. The maximum absolute atomic E-state index is 10.4. The highest BCUT2D eigenvalue weighted by molar-refractivity contribution is 5.61. The zero-order valence-corrected chi connectivity index (χ0v) is 8.23. The minimum absolute atomic E-state index is 0.00508. The number of nitrogens with one attached hydrogen (secondary N) is 1. The zero-order valence-electron chi connectivity index (χ0n) is 8.23. The molecule has 0 bridgehead atoms. The second kappa shape index (κ2) is 2.95. The second-order valence-corrected chi connectivity index (χ2v) is 4.11. The van der Waals surface area contributed by atoms with Crippen LogP contribution in [0.4, 0.5) is 5.69 Å². The highest BCUT2D eigenvalue weighted by Crippen LogP contribution is 2.45. The number of hydrogen-bond acceptors (Lipinski definition) is 4. The van der Waals surface area contributed by atoms with Gasteiger partial charge in [0.15, 0.2) is 6.23 Å². The Balaban J connectivity index is 2.11. The van der Waals surface area contributed by atoms with Crippen molar-refractivity contribution in [2.75, 3.05) is 11.9 Å². The quantitative estimate of drug-likeness (QED) is 0.629. The Hall–Kier alpha value is -1.10. The largest absolute Gasteiger partial charge is 0.392 e. The van der Waals surface area contributed by atoms with E-state index in [1.807, 2.05) is 18.2 Å². The highest BCUT2D eigenvalue weighted by atomic mass is 16.5. The summed E-state index contributed by atoms with van der Waals surface area (Å²) in [5, 5.41) is 22.6. The van der Waals surface area contributed by atoms with E-state index in [0.29, 0.717) is 13.0 Å². The van der Waals surface area contributed by atoms with Crippen LogP contribution in [0.25, 0.3) is 0 Å². The summed E-state index contributed by atoms with van der Waals surface area (Å²) in [6, 6.07) is 5.56. The summed E-state index contributed by atoms with van der Waals surface area (Å²) in [6.07, 6.45) is 0.272. The van der Waals surface area contributed by atoms with Crippen molar-refractivity contribution in [1.82, 2.24) is 0 Å². The minimum atomic E-state index is -0.916. The molecule has 0 aromatic heterocycles. The highest BCUT2D eigenvalue weighted by Gasteiger charge is 2.50. The molecule has 1 fully saturated rings. The molecular weight excluding hydrogens is 194 g/mol. The van der Waals surface area contributed by atoms with Gasteiger partial charge in [-0.15, -0.1) is 0 Å². The van der Waals surface area contributed by atoms with Gasteiger partial charge in [-0.25, -0.2) is 0 Å². The van der Waals surface area contributed by atoms with Crippen LogP contribution in [0.1, 0.15) is 17.5 Å². The molecule has 2 heterocycles. The van der Waals surface area contributed by atoms with Crippen LogP contribution in [0, 0.1) is 0 Å². The summed E-state index contributed by atoms with van der Waals surface area (Å²) in [6.45, 7) is 0.561. The monoisotopic (exact) mass is 207 g/mol. The number of ether oxygens (including phenoxy) is 1. The normalized spacial score (nSPS) is 32.3. The Morgan fingerprint density at radius 1 is 1.53 bits per heavy atom. The lowest BCUT2D eigenvalue weighted by Crippen LogP contribution is -2.34. The molecule has 0 spiro atoms. The Kier molecular flexibility index (Phi) is 1.80. The van der Waals surface area contributed by atoms with Gasteiger partial charge in [0.2, 0.25) is 0 Å². The van der Waals surface area contributed by atoms with Crippen LogP contribution in [0.2, 0.25) is 0 Å². The van der Waals surface area contributed by atoms with Crippen molar-refractivity contribution in [1.29, 1.82) is 0 Å². The van der Waals surface area contributed by atoms with Crippen LogP contribution < -0.4 is 5.32 Å². The Bertz CT molecular complexity index is 407. The molecule has 15 heavy (non-hydrogen) atoms. The molecule has 0 aliphatic carbocycles. The number of anilines is 1. The topological polar surface area (TPSA) is 61.7 Å². The third-order valence-electron chi connectivity index (χ3n) is 3.22. The van der Waals surface area contributed by atoms with E-state index in [0.717, 1.165) is 16.8 Å². The van der Waals surface area contributed by atoms with Gasteiger partial charge >= 0.3 is 0 Å². The first-order valence-electron chi connectivity index (χ1n) is 5.09. The van der Waals surface area contributed by atoms with Gasteiger partial charge in [0.05, 0.1) is 13.2 Å². The standard InChI is InChI=1S/C11H13NO3/c13-6-7-1-2-9-8(5-7)11(14)3-4-15-10(11)12-9/h1-2,5,10,12-14H,3-4,6H2/t10?,11-/m1/s1. The Morgan fingerprint density at radius 2 is 2.40 bits per heavy atom. The smallest absolute Gasteiger partial charge is 0.161 e. The first-order chi connectivity index (χ1) is 7.24. The van der Waals surface area contributed by atoms with Crippen molar-refractivity contribution in [2.45, 2.75) is 24.9 Å². The summed E-state index contributed by atoms with van der Waals surface area (Å²) < 4.78 is 5.41. The van der Waals surface area contributed by atoms with Crippen molar-refractivity contribution >= 4 is 5.69 Å². The molecule has 1 aromatic carbocycles. The van der Waals surface area contributed by atoms with Gasteiger partial charge in [-0.3, -0.25) is 0 Å². The van der Waals surface area contributed by atoms with Gasteiger partial charge in [0, 0.05) is 17.7 Å². The predicted octanol–water partition coefficient (Wildman–Crippen LogP) is 0.538. The molecule has 3 N–H and O–H groups in total. The molecule has 4 nitrogen and oxygen atoms in total. The van der Waals surface area contributed by atoms with Gasteiger partial charge in [0.25, 0.3) is 0 Å². The molecule has 80 valence electrons. The lowest BCUT2D eigenvalue weighted by molar-refractivity contribution is -0.0170. The average molecular weight is 207 g/mol. The Labute approximate surface area is 87.5 Å². The SMILES string of the molecule is OCc1ccc2c(c1)[C@]1(O)CCOC1N2. The van der Waals surface area contributed by atoms with E-state index in [1.54, 1.807) is 0 Å². The summed E-state index contributed by atoms with van der Waals surface area (Å²) in [5.41, 5.74) is 1.65. The predicted molar refractivity (Wildman–Crippen MR) is 54.2 cm³/mol. The van der Waals surface area contributed by atoms with E-state index in [-0.39, 0.29) is 12.8 Å². The van der Waals surface area contributed by atoms with E-state index in [2.05, 4.69) is 5.32 Å². The fourth-order valence-corrected chi connectivity index (χ4v) is 2.35. The molecule has 1 unspecified atom stereocenters. The molecular formula is C11H13NO3. The van der Waals surface area contributed by atoms with E-state index >= 15 is 0 Å². The summed E-state index contributed by atoms with van der Waals surface area (Å²) in [7, 11) is 0. The van der Waals surface area contributed by atoms with E-state index in [4.69, 9.17) is 9.84 Å². The number of aliphatic hydroxyl groups excluding tert-OH is 1. The maximum atomic E-state index is 10.4. The number of hydrogen-bond donors (Lipinski definition) is 3. The lowest BCUT2D eigenvalue weighted by atomic mass is 9.92. The van der Waals surface area contributed by atoms with Crippen LogP contribution in [-0.4, -0.2) is 23.0 Å². The zero-order chi connectivity index (χ0) is 10.5. The van der Waals surface area contributed by atoms with E-state index < -0.39 is 5.60 Å². The first-order valence-corrected chi connectivity index (χ1v) is 5.09. The van der Waals surface area contributed by atoms with Crippen LogP contribution in [0.5, 0.6) is 0 Å². The summed E-state index contributed by atoms with van der Waals surface area (Å²) in [5.74, 6) is 0. The average Bonchev–Trinajstić information content (AvgIpc) is 2.72. The van der Waals surface area contributed by atoms with E-state index in [9.17, 15) is 5.11 Å². The third-order valence-corrected chi connectivity index (χ3v) is 3.22. The van der Waals surface area contributed by atoms with Crippen molar-refractivity contribution in [3.63, 3.8) is 0 Å². The molecule has 0 amide bonds. The lowest BCUT2D eigenvalue weighted by Gasteiger charge is -2.20. The van der Waals surface area contributed by atoms with Gasteiger partial charge in [-0.05, 0) is 17.7 Å². The minimum Gasteiger partial charge on any atom is -0.392 e. The van der Waals surface area contributed by atoms with Crippen molar-refractivity contribution in [3.05, 3.63) is 29.3 Å². The van der Waals surface area contributed by atoms with Gasteiger partial charge in [-0.1, -0.05) is 6.07 Å². The van der Waals surface area contributed by atoms with Crippen LogP contribution >= 0.6 is 0 Å². The fourth-order valence-electron chi connectivity index (χ4n) is 2.35. The van der Waals surface area contributed by atoms with Gasteiger partial charge in [-0.2, -0.15) is 0 Å². The molecule has 4 heteroatoms. The van der Waals surface area contributed by atoms with Gasteiger partial charge < -0.3 is 20.3 Å². The molecule has 0 saturated carbocycles. The molecule has 1 saturated heterocycles. The first kappa shape index (κ1) is 9.15. The van der Waals surface area contributed by atoms with Crippen LogP contribution in [0.15, 0.2) is 18.2 Å². The van der Waals surface area contributed by atoms with Crippen molar-refractivity contribution < 1.29 is 14.9 Å². The van der Waals surface area contributed by atoms with Gasteiger partial charge in [0.1, 0.15) is 5.60 Å². The van der Waals surface area contributed by atoms with Crippen molar-refractivity contribution in [3.8, 4) is 0 Å². The molecule has 1 aromatic rings. The van der Waals surface area contributed by atoms with E-state index in [1.165, 1.54) is 0 Å². The third kappa shape index (κ3) is 1.13. The molecule has 3 rings (SSSR count). The molecule has 2 aliphatic rings. The molecule has 0 radical (unpaired) electrons. The molecule has 2 aliphatic heterocycles. The Morgan fingerprint density at radius 3 is 3.20 bits per heavy atom. The maximum Gasteiger partial charge on any atom is 0.161 e. The number of fused-ring (bicyclic) bond motifs is 3. The van der Waals surface area contributed by atoms with Crippen molar-refractivity contribution in [2.24, 2.45) is 0 Å². The summed E-state index contributed by atoms with van der Waals surface area (Å²) in [4.78, 5) is 0. The van der Waals surface area contributed by atoms with Crippen LogP contribution in [0.3, 0.4) is 0 Å². The second-order valence-electron chi connectivity index (χ2n) is 4.11. The fraction of sp³-hybridized carbons (Fsp3) is 0.455. The number of aliphatic hydroxyl groups is 2. The van der Waals surface area contributed by atoms with Crippen LogP contribution in [-0.2, 0) is 16.9 Å².